The molecule has 28 heavy (non-hydrogen) atoms. The molecular formula is C21H27N3O4. The second kappa shape index (κ2) is 7.64. The number of benzene rings is 1. The van der Waals surface area contributed by atoms with Crippen LogP contribution in [0.3, 0.4) is 0 Å². The normalized spacial score (nSPS) is 27.4. The van der Waals surface area contributed by atoms with Crippen LogP contribution in [-0.2, 0) is 4.74 Å². The molecule has 1 aromatic carbocycles. The summed E-state index contributed by atoms with van der Waals surface area (Å²) in [5.74, 6) is -0.222. The summed E-state index contributed by atoms with van der Waals surface area (Å²) < 4.78 is 5.57. The number of hydrogen-bond donors (Lipinski definition) is 1. The maximum Gasteiger partial charge on any atom is 0.261 e. The number of carbonyl (C=O) groups excluding carboxylic acids is 3. The Kier molecular flexibility index (Phi) is 5.21. The van der Waals surface area contributed by atoms with Crippen LogP contribution in [0.2, 0.25) is 0 Å². The Labute approximate surface area is 164 Å². The van der Waals surface area contributed by atoms with Gasteiger partial charge in [-0.25, -0.2) is 0 Å². The molecule has 0 saturated carbocycles. The van der Waals surface area contributed by atoms with Crippen molar-refractivity contribution >= 4 is 17.7 Å². The first-order valence-electron chi connectivity index (χ1n) is 10.1. The number of carbonyl (C=O) groups is 3. The molecule has 2 fully saturated rings. The molecule has 7 heteroatoms. The van der Waals surface area contributed by atoms with Gasteiger partial charge >= 0.3 is 0 Å². The monoisotopic (exact) mass is 385 g/mol. The van der Waals surface area contributed by atoms with Crippen molar-refractivity contribution in [1.82, 2.24) is 9.80 Å². The van der Waals surface area contributed by atoms with Crippen molar-refractivity contribution in [3.8, 4) is 0 Å². The van der Waals surface area contributed by atoms with Gasteiger partial charge in [0.2, 0.25) is 0 Å². The SMILES string of the molecule is CC1CCN(C(=O)c2ccc3c(c2)C(=O)N(CC2CCCO2)C3=O)C(CN)C1. The molecule has 0 aromatic heterocycles. The van der Waals surface area contributed by atoms with Crippen LogP contribution in [0.5, 0.6) is 0 Å². The zero-order chi connectivity index (χ0) is 19.8. The quantitative estimate of drug-likeness (QED) is 0.796. The van der Waals surface area contributed by atoms with Gasteiger partial charge < -0.3 is 15.4 Å². The fourth-order valence-corrected chi connectivity index (χ4v) is 4.49. The number of ether oxygens (including phenoxy) is 1. The lowest BCUT2D eigenvalue weighted by atomic mass is 9.91. The van der Waals surface area contributed by atoms with Crippen molar-refractivity contribution in [2.45, 2.75) is 44.8 Å². The molecule has 4 rings (SSSR count). The Hall–Kier alpha value is -2.25. The van der Waals surface area contributed by atoms with Crippen molar-refractivity contribution in [3.63, 3.8) is 0 Å². The second-order valence-corrected chi connectivity index (χ2v) is 8.13. The van der Waals surface area contributed by atoms with Crippen molar-refractivity contribution in [1.29, 1.82) is 0 Å². The molecule has 1 aromatic rings. The van der Waals surface area contributed by atoms with E-state index in [0.717, 1.165) is 25.7 Å². The third kappa shape index (κ3) is 3.33. The Morgan fingerprint density at radius 2 is 2.00 bits per heavy atom. The number of likely N-dealkylation sites (tertiary alicyclic amines) is 1. The highest BCUT2D eigenvalue weighted by Gasteiger charge is 2.38. The van der Waals surface area contributed by atoms with Crippen LogP contribution in [0.25, 0.3) is 0 Å². The Balaban J connectivity index is 1.55. The summed E-state index contributed by atoms with van der Waals surface area (Å²) >= 11 is 0. The number of hydrogen-bond acceptors (Lipinski definition) is 5. The summed E-state index contributed by atoms with van der Waals surface area (Å²) in [5, 5.41) is 0. The van der Waals surface area contributed by atoms with E-state index >= 15 is 0 Å². The Bertz CT molecular complexity index is 803. The van der Waals surface area contributed by atoms with E-state index in [9.17, 15) is 14.4 Å². The zero-order valence-electron chi connectivity index (χ0n) is 16.2. The summed E-state index contributed by atoms with van der Waals surface area (Å²) in [7, 11) is 0. The molecule has 2 N–H and O–H groups in total. The van der Waals surface area contributed by atoms with Gasteiger partial charge in [0.15, 0.2) is 0 Å². The largest absolute Gasteiger partial charge is 0.376 e. The first-order valence-corrected chi connectivity index (χ1v) is 10.1. The summed E-state index contributed by atoms with van der Waals surface area (Å²) in [6.07, 6.45) is 3.54. The third-order valence-corrected chi connectivity index (χ3v) is 6.14. The molecule has 0 aliphatic carbocycles. The van der Waals surface area contributed by atoms with Crippen LogP contribution in [0.4, 0.5) is 0 Å². The molecule has 3 aliphatic rings. The summed E-state index contributed by atoms with van der Waals surface area (Å²) in [5.41, 5.74) is 7.00. The predicted molar refractivity (Wildman–Crippen MR) is 103 cm³/mol. The van der Waals surface area contributed by atoms with Gasteiger partial charge in [-0.15, -0.1) is 0 Å². The maximum atomic E-state index is 13.1. The van der Waals surface area contributed by atoms with Crippen molar-refractivity contribution in [2.24, 2.45) is 11.7 Å². The van der Waals surface area contributed by atoms with Gasteiger partial charge in [-0.1, -0.05) is 6.92 Å². The van der Waals surface area contributed by atoms with Gasteiger partial charge in [-0.2, -0.15) is 0 Å². The molecule has 3 heterocycles. The van der Waals surface area contributed by atoms with Crippen LogP contribution in [0.1, 0.15) is 63.7 Å². The maximum absolute atomic E-state index is 13.1. The van der Waals surface area contributed by atoms with E-state index < -0.39 is 0 Å². The van der Waals surface area contributed by atoms with Gasteiger partial charge in [0.25, 0.3) is 17.7 Å². The zero-order valence-corrected chi connectivity index (χ0v) is 16.2. The lowest BCUT2D eigenvalue weighted by molar-refractivity contribution is 0.0475. The minimum Gasteiger partial charge on any atom is -0.376 e. The number of fused-ring (bicyclic) bond motifs is 1. The summed E-state index contributed by atoms with van der Waals surface area (Å²) in [4.78, 5) is 41.6. The van der Waals surface area contributed by atoms with E-state index in [0.29, 0.717) is 42.3 Å². The van der Waals surface area contributed by atoms with Gasteiger partial charge in [0.05, 0.1) is 23.8 Å². The third-order valence-electron chi connectivity index (χ3n) is 6.14. The average Bonchev–Trinajstić information content (AvgIpc) is 3.30. The molecule has 3 atom stereocenters. The first-order chi connectivity index (χ1) is 13.5. The molecule has 3 aliphatic heterocycles. The highest BCUT2D eigenvalue weighted by Crippen LogP contribution is 2.28. The standard InChI is InChI=1S/C21H27N3O4/c1-13-6-7-23(15(9-13)11-22)19(25)14-4-5-17-18(10-14)21(27)24(20(17)26)12-16-3-2-8-28-16/h4-5,10,13,15-16H,2-3,6-9,11-12,22H2,1H3. The smallest absolute Gasteiger partial charge is 0.261 e. The van der Waals surface area contributed by atoms with E-state index in [-0.39, 0.29) is 36.4 Å². The van der Waals surface area contributed by atoms with Crippen molar-refractivity contribution in [2.75, 3.05) is 26.2 Å². The molecule has 2 saturated heterocycles. The Morgan fingerprint density at radius 1 is 1.21 bits per heavy atom. The van der Waals surface area contributed by atoms with Crippen LogP contribution in [-0.4, -0.2) is 65.9 Å². The number of rotatable bonds is 4. The fraction of sp³-hybridized carbons (Fsp3) is 0.571. The lowest BCUT2D eigenvalue weighted by Gasteiger charge is -2.38. The van der Waals surface area contributed by atoms with E-state index in [2.05, 4.69) is 6.92 Å². The molecule has 3 unspecified atom stereocenters. The van der Waals surface area contributed by atoms with Crippen molar-refractivity contribution in [3.05, 3.63) is 34.9 Å². The van der Waals surface area contributed by atoms with E-state index in [4.69, 9.17) is 10.5 Å². The average molecular weight is 385 g/mol. The lowest BCUT2D eigenvalue weighted by Crippen LogP contribution is -2.49. The number of nitrogens with two attached hydrogens (primary N) is 1. The van der Waals surface area contributed by atoms with Gasteiger partial charge in [0.1, 0.15) is 0 Å². The number of piperidine rings is 1. The van der Waals surface area contributed by atoms with Crippen LogP contribution in [0.15, 0.2) is 18.2 Å². The van der Waals surface area contributed by atoms with Crippen LogP contribution in [0, 0.1) is 5.92 Å². The molecule has 7 nitrogen and oxygen atoms in total. The molecule has 0 bridgehead atoms. The minimum absolute atomic E-state index is 0.0119. The fourth-order valence-electron chi connectivity index (χ4n) is 4.49. The van der Waals surface area contributed by atoms with Crippen molar-refractivity contribution < 1.29 is 19.1 Å². The topological polar surface area (TPSA) is 92.9 Å². The van der Waals surface area contributed by atoms with Gasteiger partial charge in [-0.3, -0.25) is 19.3 Å². The molecule has 3 amide bonds. The highest BCUT2D eigenvalue weighted by molar-refractivity contribution is 6.22. The molecule has 150 valence electrons. The van der Waals surface area contributed by atoms with E-state index in [1.807, 2.05) is 4.90 Å². The number of amides is 3. The van der Waals surface area contributed by atoms with E-state index in [1.54, 1.807) is 18.2 Å². The first kappa shape index (κ1) is 19.1. The summed E-state index contributed by atoms with van der Waals surface area (Å²) in [6, 6.07) is 4.83. The predicted octanol–water partition coefficient (Wildman–Crippen LogP) is 1.66. The minimum atomic E-state index is -0.340. The van der Waals surface area contributed by atoms with Gasteiger partial charge in [0, 0.05) is 31.3 Å². The number of imide groups is 1. The molecular weight excluding hydrogens is 358 g/mol. The molecule has 0 spiro atoms. The highest BCUT2D eigenvalue weighted by atomic mass is 16.5. The van der Waals surface area contributed by atoms with Crippen LogP contribution >= 0.6 is 0 Å². The second-order valence-electron chi connectivity index (χ2n) is 8.13. The van der Waals surface area contributed by atoms with Gasteiger partial charge in [-0.05, 0) is 49.8 Å². The number of nitrogens with zero attached hydrogens (tertiary/aromatic N) is 2. The van der Waals surface area contributed by atoms with E-state index in [1.165, 1.54) is 4.90 Å². The van der Waals surface area contributed by atoms with Crippen LogP contribution < -0.4 is 5.73 Å². The molecule has 0 radical (unpaired) electrons. The Morgan fingerprint density at radius 3 is 2.71 bits per heavy atom. The summed E-state index contributed by atoms with van der Waals surface area (Å²) in [6.45, 7) is 4.20.